The van der Waals surface area contributed by atoms with E-state index in [1.807, 2.05) is 6.08 Å². The summed E-state index contributed by atoms with van der Waals surface area (Å²) in [6.07, 6.45) is 6.68. The molecular formula is C13H20N2O3S. The summed E-state index contributed by atoms with van der Waals surface area (Å²) < 4.78 is 0. The van der Waals surface area contributed by atoms with Crippen LogP contribution in [0.3, 0.4) is 0 Å². The maximum atomic E-state index is 12.5. The van der Waals surface area contributed by atoms with Crippen molar-refractivity contribution >= 4 is 23.8 Å². The monoisotopic (exact) mass is 284 g/mol. The van der Waals surface area contributed by atoms with E-state index in [-0.39, 0.29) is 11.4 Å². The van der Waals surface area contributed by atoms with E-state index >= 15 is 0 Å². The number of urea groups is 1. The molecule has 0 aliphatic carbocycles. The zero-order valence-electron chi connectivity index (χ0n) is 11.1. The van der Waals surface area contributed by atoms with E-state index in [9.17, 15) is 14.7 Å². The minimum atomic E-state index is -0.896. The van der Waals surface area contributed by atoms with Crippen LogP contribution in [-0.4, -0.2) is 57.2 Å². The van der Waals surface area contributed by atoms with Crippen LogP contribution in [0.5, 0.6) is 0 Å². The second-order valence-electron chi connectivity index (χ2n) is 4.83. The average Bonchev–Trinajstić information content (AvgIpc) is 2.83. The van der Waals surface area contributed by atoms with Crippen LogP contribution >= 0.6 is 11.8 Å². The summed E-state index contributed by atoms with van der Waals surface area (Å²) >= 11 is 1.58. The van der Waals surface area contributed by atoms with E-state index in [1.54, 1.807) is 21.6 Å². The standard InChI is InChI=1S/C13H20N2O3S/c1-2-6-11-15(10(9-19-11)12(16)17)13(18)14-7-4-3-5-8-14/h3-4,10-11H,2,5-9H2,1H3,(H,16,17). The van der Waals surface area contributed by atoms with Crippen molar-refractivity contribution in [1.82, 2.24) is 9.80 Å². The smallest absolute Gasteiger partial charge is 0.327 e. The van der Waals surface area contributed by atoms with Crippen LogP contribution in [-0.2, 0) is 4.79 Å². The van der Waals surface area contributed by atoms with E-state index in [4.69, 9.17) is 0 Å². The SMILES string of the molecule is CCCC1SCC(C(=O)O)N1C(=O)N1CC=CCC1. The molecule has 6 heteroatoms. The third-order valence-corrected chi connectivity index (χ3v) is 4.82. The summed E-state index contributed by atoms with van der Waals surface area (Å²) in [7, 11) is 0. The molecule has 106 valence electrons. The van der Waals surface area contributed by atoms with E-state index in [0.29, 0.717) is 18.8 Å². The molecule has 1 saturated heterocycles. The number of amides is 2. The Balaban J connectivity index is 2.13. The first-order valence-electron chi connectivity index (χ1n) is 6.71. The summed E-state index contributed by atoms with van der Waals surface area (Å²) in [5.41, 5.74) is 0. The largest absolute Gasteiger partial charge is 0.480 e. The lowest BCUT2D eigenvalue weighted by atomic mass is 10.2. The van der Waals surface area contributed by atoms with Crippen LogP contribution in [0.15, 0.2) is 12.2 Å². The van der Waals surface area contributed by atoms with E-state index in [0.717, 1.165) is 19.3 Å². The summed E-state index contributed by atoms with van der Waals surface area (Å²) in [6, 6.07) is -0.805. The maximum absolute atomic E-state index is 12.5. The van der Waals surface area contributed by atoms with Crippen molar-refractivity contribution in [1.29, 1.82) is 0 Å². The molecule has 2 atom stereocenters. The predicted molar refractivity (Wildman–Crippen MR) is 75.1 cm³/mol. The summed E-state index contributed by atoms with van der Waals surface area (Å²) in [6.45, 7) is 3.33. The van der Waals surface area contributed by atoms with E-state index in [2.05, 4.69) is 13.0 Å². The Morgan fingerprint density at radius 2 is 2.21 bits per heavy atom. The number of carboxylic acid groups (broad SMARTS) is 1. The Kier molecular flexibility index (Phi) is 4.74. The lowest BCUT2D eigenvalue weighted by Gasteiger charge is -2.33. The molecule has 0 aromatic carbocycles. The highest BCUT2D eigenvalue weighted by atomic mass is 32.2. The van der Waals surface area contributed by atoms with Gasteiger partial charge >= 0.3 is 12.0 Å². The maximum Gasteiger partial charge on any atom is 0.327 e. The molecule has 2 aliphatic rings. The van der Waals surface area contributed by atoms with Gasteiger partial charge in [0.05, 0.1) is 5.37 Å². The van der Waals surface area contributed by atoms with Gasteiger partial charge in [-0.3, -0.25) is 4.90 Å². The first-order chi connectivity index (χ1) is 9.15. The number of thioether (sulfide) groups is 1. The fraction of sp³-hybridized carbons (Fsp3) is 0.692. The minimum absolute atomic E-state index is 0.00417. The van der Waals surface area contributed by atoms with Crippen LogP contribution in [0.1, 0.15) is 26.2 Å². The number of nitrogens with zero attached hydrogens (tertiary/aromatic N) is 2. The molecule has 19 heavy (non-hydrogen) atoms. The van der Waals surface area contributed by atoms with Crippen LogP contribution in [0, 0.1) is 0 Å². The zero-order chi connectivity index (χ0) is 13.8. The van der Waals surface area contributed by atoms with Gasteiger partial charge in [0.25, 0.3) is 0 Å². The quantitative estimate of drug-likeness (QED) is 0.805. The second-order valence-corrected chi connectivity index (χ2v) is 6.04. The highest BCUT2D eigenvalue weighted by Crippen LogP contribution is 2.33. The Hall–Kier alpha value is -1.17. The number of aliphatic carboxylic acids is 1. The van der Waals surface area contributed by atoms with Gasteiger partial charge in [0.1, 0.15) is 6.04 Å². The van der Waals surface area contributed by atoms with Gasteiger partial charge in [-0.2, -0.15) is 0 Å². The minimum Gasteiger partial charge on any atom is -0.480 e. The van der Waals surface area contributed by atoms with Crippen LogP contribution in [0.2, 0.25) is 0 Å². The Morgan fingerprint density at radius 1 is 1.42 bits per heavy atom. The Bertz CT molecular complexity index is 386. The summed E-state index contributed by atoms with van der Waals surface area (Å²) in [4.78, 5) is 27.2. The average molecular weight is 284 g/mol. The van der Waals surface area contributed by atoms with Gasteiger partial charge in [-0.15, -0.1) is 11.8 Å². The van der Waals surface area contributed by atoms with Crippen molar-refractivity contribution in [2.24, 2.45) is 0 Å². The van der Waals surface area contributed by atoms with Gasteiger partial charge in [0.15, 0.2) is 0 Å². The third kappa shape index (κ3) is 3.05. The molecule has 1 fully saturated rings. The molecule has 2 amide bonds. The van der Waals surface area contributed by atoms with Crippen LogP contribution < -0.4 is 0 Å². The van der Waals surface area contributed by atoms with Crippen molar-refractivity contribution < 1.29 is 14.7 Å². The summed E-state index contributed by atoms with van der Waals surface area (Å²) in [5, 5.41) is 9.28. The first-order valence-corrected chi connectivity index (χ1v) is 7.76. The summed E-state index contributed by atoms with van der Waals surface area (Å²) in [5.74, 6) is -0.401. The van der Waals surface area contributed by atoms with E-state index in [1.165, 1.54) is 0 Å². The Morgan fingerprint density at radius 3 is 2.79 bits per heavy atom. The number of rotatable bonds is 3. The molecule has 2 unspecified atom stereocenters. The first kappa shape index (κ1) is 14.2. The zero-order valence-corrected chi connectivity index (χ0v) is 11.9. The Labute approximate surface area is 117 Å². The normalized spacial score (nSPS) is 26.8. The second kappa shape index (κ2) is 6.32. The van der Waals surface area contributed by atoms with Crippen LogP contribution in [0.4, 0.5) is 4.79 Å². The molecule has 0 bridgehead atoms. The molecule has 2 heterocycles. The molecule has 5 nitrogen and oxygen atoms in total. The van der Waals surface area contributed by atoms with E-state index < -0.39 is 12.0 Å². The molecule has 1 N–H and O–H groups in total. The van der Waals surface area contributed by atoms with Crippen molar-refractivity contribution in [3.8, 4) is 0 Å². The highest BCUT2D eigenvalue weighted by Gasteiger charge is 2.42. The lowest BCUT2D eigenvalue weighted by Crippen LogP contribution is -2.52. The molecule has 0 radical (unpaired) electrons. The van der Waals surface area contributed by atoms with Gasteiger partial charge in [0.2, 0.25) is 0 Å². The molecule has 2 aliphatic heterocycles. The molecule has 0 aromatic rings. The van der Waals surface area contributed by atoms with Crippen molar-refractivity contribution in [3.05, 3.63) is 12.2 Å². The molecule has 0 spiro atoms. The topological polar surface area (TPSA) is 60.9 Å². The highest BCUT2D eigenvalue weighted by molar-refractivity contribution is 8.00. The molecule has 2 rings (SSSR count). The van der Waals surface area contributed by atoms with Gasteiger partial charge in [-0.1, -0.05) is 25.5 Å². The van der Waals surface area contributed by atoms with Gasteiger partial charge in [-0.05, 0) is 12.8 Å². The number of hydrogen-bond acceptors (Lipinski definition) is 3. The van der Waals surface area contributed by atoms with Crippen molar-refractivity contribution in [3.63, 3.8) is 0 Å². The lowest BCUT2D eigenvalue weighted by molar-refractivity contribution is -0.141. The molecular weight excluding hydrogens is 264 g/mol. The fourth-order valence-corrected chi connectivity index (χ4v) is 3.97. The van der Waals surface area contributed by atoms with Crippen molar-refractivity contribution in [2.75, 3.05) is 18.8 Å². The molecule has 0 aromatic heterocycles. The van der Waals surface area contributed by atoms with Gasteiger partial charge in [0, 0.05) is 18.8 Å². The number of carbonyl (C=O) groups excluding carboxylic acids is 1. The number of hydrogen-bond donors (Lipinski definition) is 1. The van der Waals surface area contributed by atoms with Crippen LogP contribution in [0.25, 0.3) is 0 Å². The van der Waals surface area contributed by atoms with Gasteiger partial charge < -0.3 is 10.0 Å². The fourth-order valence-electron chi connectivity index (χ4n) is 2.46. The van der Waals surface area contributed by atoms with Crippen molar-refractivity contribution in [2.45, 2.75) is 37.6 Å². The predicted octanol–water partition coefficient (Wildman–Crippen LogP) is 2.00. The third-order valence-electron chi connectivity index (χ3n) is 3.46. The number of carboxylic acids is 1. The molecule has 0 saturated carbocycles. The number of carbonyl (C=O) groups is 2. The van der Waals surface area contributed by atoms with Gasteiger partial charge in [-0.25, -0.2) is 9.59 Å².